The lowest BCUT2D eigenvalue weighted by Crippen LogP contribution is -2.44. The first-order chi connectivity index (χ1) is 8.86. The summed E-state index contributed by atoms with van der Waals surface area (Å²) < 4.78 is 13.5. The lowest BCUT2D eigenvalue weighted by Gasteiger charge is -2.29. The second-order valence-corrected chi connectivity index (χ2v) is 4.83. The minimum atomic E-state index is -0.485. The highest BCUT2D eigenvalue weighted by atomic mass is 19.1. The molecule has 1 rings (SSSR count). The van der Waals surface area contributed by atoms with E-state index >= 15 is 0 Å². The van der Waals surface area contributed by atoms with Gasteiger partial charge in [-0.25, -0.2) is 4.39 Å². The molecule has 0 radical (unpaired) electrons. The summed E-state index contributed by atoms with van der Waals surface area (Å²) in [6.45, 7) is 5.90. The predicted molar refractivity (Wildman–Crippen MR) is 76.4 cm³/mol. The Morgan fingerprint density at radius 2 is 2.11 bits per heavy atom. The third kappa shape index (κ3) is 3.92. The number of carbonyl (C=O) groups excluding carboxylic acids is 1. The van der Waals surface area contributed by atoms with Gasteiger partial charge in [0.2, 0.25) is 5.91 Å². The van der Waals surface area contributed by atoms with Gasteiger partial charge in [0.15, 0.2) is 0 Å². The number of halogens is 1. The minimum Gasteiger partial charge on any atom is -0.399 e. The van der Waals surface area contributed by atoms with Crippen LogP contribution in [0.25, 0.3) is 0 Å². The van der Waals surface area contributed by atoms with E-state index in [1.54, 1.807) is 6.92 Å². The van der Waals surface area contributed by atoms with E-state index < -0.39 is 5.82 Å². The van der Waals surface area contributed by atoms with E-state index in [-0.39, 0.29) is 23.7 Å². The molecule has 0 saturated heterocycles. The van der Waals surface area contributed by atoms with Crippen LogP contribution in [0.5, 0.6) is 0 Å². The summed E-state index contributed by atoms with van der Waals surface area (Å²) in [4.78, 5) is 14.0. The van der Waals surface area contributed by atoms with Gasteiger partial charge in [-0.15, -0.1) is 0 Å². The molecule has 4 nitrogen and oxygen atoms in total. The van der Waals surface area contributed by atoms with Gasteiger partial charge >= 0.3 is 0 Å². The monoisotopic (exact) mass is 267 g/mol. The number of hydrogen-bond acceptors (Lipinski definition) is 3. The largest absolute Gasteiger partial charge is 0.399 e. The Labute approximate surface area is 113 Å². The molecule has 2 atom stereocenters. The SMILES string of the molecule is CCC(C)N(C)C(C)C(=O)Nc1cc(N)ccc1F. The smallest absolute Gasteiger partial charge is 0.241 e. The van der Waals surface area contributed by atoms with Crippen molar-refractivity contribution in [2.45, 2.75) is 39.3 Å². The molecule has 0 spiro atoms. The molecule has 19 heavy (non-hydrogen) atoms. The second kappa shape index (κ2) is 6.52. The number of nitrogen functional groups attached to an aromatic ring is 1. The van der Waals surface area contributed by atoms with Crippen molar-refractivity contribution < 1.29 is 9.18 Å². The molecule has 0 fully saturated rings. The van der Waals surface area contributed by atoms with E-state index in [4.69, 9.17) is 5.73 Å². The number of hydrogen-bond donors (Lipinski definition) is 2. The van der Waals surface area contributed by atoms with Gasteiger partial charge in [0.1, 0.15) is 5.82 Å². The Kier molecular flexibility index (Phi) is 5.30. The van der Waals surface area contributed by atoms with Crippen molar-refractivity contribution in [3.05, 3.63) is 24.0 Å². The zero-order chi connectivity index (χ0) is 14.6. The Balaban J connectivity index is 2.76. The molecular formula is C14H22FN3O. The molecule has 0 bridgehead atoms. The van der Waals surface area contributed by atoms with E-state index in [1.807, 2.05) is 18.9 Å². The number of nitrogens with two attached hydrogens (primary N) is 1. The maximum Gasteiger partial charge on any atom is 0.241 e. The van der Waals surface area contributed by atoms with Gasteiger partial charge in [0.05, 0.1) is 11.7 Å². The molecule has 5 heteroatoms. The number of rotatable bonds is 5. The van der Waals surface area contributed by atoms with Crippen LogP contribution in [0.1, 0.15) is 27.2 Å². The molecule has 0 heterocycles. The van der Waals surface area contributed by atoms with Gasteiger partial charge in [0, 0.05) is 11.7 Å². The van der Waals surface area contributed by atoms with Crippen molar-refractivity contribution in [2.24, 2.45) is 0 Å². The van der Waals surface area contributed by atoms with Crippen molar-refractivity contribution >= 4 is 17.3 Å². The van der Waals surface area contributed by atoms with Crippen molar-refractivity contribution in [3.63, 3.8) is 0 Å². The lowest BCUT2D eigenvalue weighted by atomic mass is 10.1. The summed E-state index contributed by atoms with van der Waals surface area (Å²) in [5.41, 5.74) is 6.12. The van der Waals surface area contributed by atoms with Crippen molar-refractivity contribution in [3.8, 4) is 0 Å². The molecule has 1 aromatic rings. The number of carbonyl (C=O) groups is 1. The molecule has 3 N–H and O–H groups in total. The highest BCUT2D eigenvalue weighted by molar-refractivity contribution is 5.95. The van der Waals surface area contributed by atoms with Gasteiger partial charge in [-0.05, 0) is 45.5 Å². The average Bonchev–Trinajstić information content (AvgIpc) is 2.40. The van der Waals surface area contributed by atoms with E-state index in [0.717, 1.165) is 6.42 Å². The zero-order valence-electron chi connectivity index (χ0n) is 11.9. The topological polar surface area (TPSA) is 58.4 Å². The van der Waals surface area contributed by atoms with Crippen LogP contribution in [0.3, 0.4) is 0 Å². The fourth-order valence-electron chi connectivity index (χ4n) is 1.73. The second-order valence-electron chi connectivity index (χ2n) is 4.83. The van der Waals surface area contributed by atoms with Gasteiger partial charge in [-0.1, -0.05) is 6.92 Å². The zero-order valence-corrected chi connectivity index (χ0v) is 11.9. The van der Waals surface area contributed by atoms with Crippen LogP contribution in [0.15, 0.2) is 18.2 Å². The molecule has 0 aliphatic rings. The van der Waals surface area contributed by atoms with Crippen LogP contribution in [0, 0.1) is 5.82 Å². The summed E-state index contributed by atoms with van der Waals surface area (Å²) >= 11 is 0. The molecule has 0 aromatic heterocycles. The number of anilines is 2. The van der Waals surface area contributed by atoms with Crippen LogP contribution in [-0.2, 0) is 4.79 Å². The van der Waals surface area contributed by atoms with E-state index in [0.29, 0.717) is 5.69 Å². The number of benzene rings is 1. The summed E-state index contributed by atoms with van der Waals surface area (Å²) in [6, 6.07) is 4.07. The number of amides is 1. The van der Waals surface area contributed by atoms with E-state index in [2.05, 4.69) is 12.2 Å². The fraction of sp³-hybridized carbons (Fsp3) is 0.500. The molecule has 1 aromatic carbocycles. The first kappa shape index (κ1) is 15.4. The van der Waals surface area contributed by atoms with E-state index in [9.17, 15) is 9.18 Å². The summed E-state index contributed by atoms with van der Waals surface area (Å²) in [6.07, 6.45) is 0.945. The molecule has 1 amide bonds. The van der Waals surface area contributed by atoms with Crippen LogP contribution >= 0.6 is 0 Å². The number of nitrogens with one attached hydrogen (secondary N) is 1. The summed E-state index contributed by atoms with van der Waals surface area (Å²) in [5.74, 6) is -0.728. The van der Waals surface area contributed by atoms with Crippen molar-refractivity contribution in [1.29, 1.82) is 0 Å². The maximum absolute atomic E-state index is 13.5. The summed E-state index contributed by atoms with van der Waals surface area (Å²) in [5, 5.41) is 2.58. The highest BCUT2D eigenvalue weighted by Gasteiger charge is 2.22. The lowest BCUT2D eigenvalue weighted by molar-refractivity contribution is -0.121. The van der Waals surface area contributed by atoms with Gasteiger partial charge in [-0.3, -0.25) is 9.69 Å². The molecule has 2 unspecified atom stereocenters. The minimum absolute atomic E-state index is 0.120. The average molecular weight is 267 g/mol. The van der Waals surface area contributed by atoms with Crippen LogP contribution in [0.4, 0.5) is 15.8 Å². The molecule has 0 saturated carbocycles. The van der Waals surface area contributed by atoms with Crippen LogP contribution in [0.2, 0.25) is 0 Å². The van der Waals surface area contributed by atoms with Crippen molar-refractivity contribution in [2.75, 3.05) is 18.1 Å². The molecule has 0 aliphatic carbocycles. The maximum atomic E-state index is 13.5. The van der Waals surface area contributed by atoms with Crippen molar-refractivity contribution in [1.82, 2.24) is 4.90 Å². The molecule has 0 aliphatic heterocycles. The third-order valence-electron chi connectivity index (χ3n) is 3.52. The standard InChI is InChI=1S/C14H22FN3O/c1-5-9(2)18(4)10(3)14(19)17-13-8-11(16)6-7-12(13)15/h6-10H,5,16H2,1-4H3,(H,17,19). The van der Waals surface area contributed by atoms with Gasteiger partial charge in [-0.2, -0.15) is 0 Å². The van der Waals surface area contributed by atoms with Crippen LogP contribution in [-0.4, -0.2) is 29.9 Å². The van der Waals surface area contributed by atoms with Crippen LogP contribution < -0.4 is 11.1 Å². The Hall–Kier alpha value is -1.62. The summed E-state index contributed by atoms with van der Waals surface area (Å²) in [7, 11) is 1.88. The van der Waals surface area contributed by atoms with E-state index in [1.165, 1.54) is 18.2 Å². The third-order valence-corrected chi connectivity index (χ3v) is 3.52. The Bertz CT molecular complexity index is 450. The molecule has 106 valence electrons. The first-order valence-corrected chi connectivity index (χ1v) is 6.44. The Morgan fingerprint density at radius 1 is 1.47 bits per heavy atom. The predicted octanol–water partition coefficient (Wildman–Crippen LogP) is 2.47. The quantitative estimate of drug-likeness (QED) is 0.806. The molecular weight excluding hydrogens is 245 g/mol. The van der Waals surface area contributed by atoms with Gasteiger partial charge in [0.25, 0.3) is 0 Å². The van der Waals surface area contributed by atoms with Gasteiger partial charge < -0.3 is 11.1 Å². The highest BCUT2D eigenvalue weighted by Crippen LogP contribution is 2.18. The fourth-order valence-corrected chi connectivity index (χ4v) is 1.73. The number of nitrogens with zero attached hydrogens (tertiary/aromatic N) is 1. The first-order valence-electron chi connectivity index (χ1n) is 6.44. The normalized spacial score (nSPS) is 14.2. The Morgan fingerprint density at radius 3 is 2.68 bits per heavy atom. The number of likely N-dealkylation sites (N-methyl/N-ethyl adjacent to an activating group) is 1.